The summed E-state index contributed by atoms with van der Waals surface area (Å²) in [7, 11) is 0. The molecule has 0 unspecified atom stereocenters. The second-order valence-electron chi connectivity index (χ2n) is 6.97. The number of ketones is 1. The van der Waals surface area contributed by atoms with Crippen LogP contribution in [0.15, 0.2) is 60.8 Å². The van der Waals surface area contributed by atoms with Crippen LogP contribution in [0.25, 0.3) is 5.69 Å². The zero-order chi connectivity index (χ0) is 17.9. The predicted molar refractivity (Wildman–Crippen MR) is 99.3 cm³/mol. The maximum atomic E-state index is 12.3. The molecule has 2 aromatic carbocycles. The molecular formula is C20H22N4O. The van der Waals surface area contributed by atoms with Crippen molar-refractivity contribution >= 4 is 11.5 Å². The first-order valence-electron chi connectivity index (χ1n) is 8.29. The van der Waals surface area contributed by atoms with E-state index in [2.05, 4.69) is 36.4 Å². The van der Waals surface area contributed by atoms with Gasteiger partial charge in [0.15, 0.2) is 5.78 Å². The Hall–Kier alpha value is -2.95. The van der Waals surface area contributed by atoms with E-state index in [0.29, 0.717) is 5.56 Å². The first kappa shape index (κ1) is 16.9. The number of hydrogen-bond acceptors (Lipinski definition) is 4. The molecule has 0 aliphatic carbocycles. The van der Waals surface area contributed by atoms with Gasteiger partial charge >= 0.3 is 0 Å². The number of carbonyl (C=O) groups is 1. The lowest BCUT2D eigenvalue weighted by Gasteiger charge is -2.19. The summed E-state index contributed by atoms with van der Waals surface area (Å²) in [4.78, 5) is 12.3. The molecule has 1 N–H and O–H groups in total. The first-order chi connectivity index (χ1) is 11.9. The highest BCUT2D eigenvalue weighted by molar-refractivity contribution is 5.99. The fourth-order valence-electron chi connectivity index (χ4n) is 2.57. The standard InChI is InChI=1S/C20H22N4O/c1-20(2,3)19-14-22-23-24(19)17-11-9-15(10-12-17)18(25)13-21-16-7-5-4-6-8-16/h4-12,14,21H,13H2,1-3H3. The van der Waals surface area contributed by atoms with E-state index in [1.165, 1.54) is 0 Å². The summed E-state index contributed by atoms with van der Waals surface area (Å²) >= 11 is 0. The zero-order valence-electron chi connectivity index (χ0n) is 14.7. The Morgan fingerprint density at radius 1 is 1.04 bits per heavy atom. The lowest BCUT2D eigenvalue weighted by molar-refractivity contribution is 0.101. The molecule has 0 aliphatic rings. The van der Waals surface area contributed by atoms with E-state index in [1.54, 1.807) is 6.20 Å². The highest BCUT2D eigenvalue weighted by Gasteiger charge is 2.20. The minimum Gasteiger partial charge on any atom is -0.378 e. The van der Waals surface area contributed by atoms with E-state index in [0.717, 1.165) is 17.1 Å². The second-order valence-corrected chi connectivity index (χ2v) is 6.97. The fourth-order valence-corrected chi connectivity index (χ4v) is 2.57. The number of aromatic nitrogens is 3. The van der Waals surface area contributed by atoms with Gasteiger partial charge in [0.25, 0.3) is 0 Å². The van der Waals surface area contributed by atoms with Crippen molar-refractivity contribution < 1.29 is 4.79 Å². The third-order valence-corrected chi connectivity index (χ3v) is 3.98. The molecule has 3 rings (SSSR count). The van der Waals surface area contributed by atoms with Crippen LogP contribution in [0.5, 0.6) is 0 Å². The molecule has 0 atom stereocenters. The molecular weight excluding hydrogens is 312 g/mol. The van der Waals surface area contributed by atoms with Gasteiger partial charge < -0.3 is 5.32 Å². The minimum atomic E-state index is -0.0579. The summed E-state index contributed by atoms with van der Waals surface area (Å²) in [5.74, 6) is 0.0463. The lowest BCUT2D eigenvalue weighted by Crippen LogP contribution is -2.17. The van der Waals surface area contributed by atoms with Crippen LogP contribution in [-0.2, 0) is 5.41 Å². The van der Waals surface area contributed by atoms with Crippen LogP contribution in [-0.4, -0.2) is 27.3 Å². The van der Waals surface area contributed by atoms with E-state index in [1.807, 2.05) is 59.3 Å². The SMILES string of the molecule is CC(C)(C)c1cnnn1-c1ccc(C(=O)CNc2ccccc2)cc1. The molecule has 0 bridgehead atoms. The van der Waals surface area contributed by atoms with Gasteiger partial charge in [-0.05, 0) is 36.4 Å². The van der Waals surface area contributed by atoms with Gasteiger partial charge in [-0.25, -0.2) is 4.68 Å². The molecule has 0 radical (unpaired) electrons. The summed E-state index contributed by atoms with van der Waals surface area (Å²) in [6.45, 7) is 6.62. The maximum absolute atomic E-state index is 12.3. The van der Waals surface area contributed by atoms with Crippen LogP contribution < -0.4 is 5.32 Å². The van der Waals surface area contributed by atoms with Gasteiger partial charge in [0.1, 0.15) is 0 Å². The van der Waals surface area contributed by atoms with Crippen molar-refractivity contribution in [3.05, 3.63) is 72.1 Å². The molecule has 128 valence electrons. The Morgan fingerprint density at radius 2 is 1.72 bits per heavy atom. The molecule has 0 saturated carbocycles. The van der Waals surface area contributed by atoms with Crippen LogP contribution >= 0.6 is 0 Å². The normalized spacial score (nSPS) is 11.3. The number of benzene rings is 2. The molecule has 5 heteroatoms. The average molecular weight is 334 g/mol. The Morgan fingerprint density at radius 3 is 2.36 bits per heavy atom. The summed E-state index contributed by atoms with van der Waals surface area (Å²) < 4.78 is 1.82. The van der Waals surface area contributed by atoms with Crippen molar-refractivity contribution in [1.29, 1.82) is 0 Å². The predicted octanol–water partition coefficient (Wildman–Crippen LogP) is 3.86. The highest BCUT2D eigenvalue weighted by Crippen LogP contribution is 2.23. The Bertz CT molecular complexity index is 845. The van der Waals surface area contributed by atoms with Crippen molar-refractivity contribution in [2.75, 3.05) is 11.9 Å². The van der Waals surface area contributed by atoms with Gasteiger partial charge in [-0.2, -0.15) is 0 Å². The third-order valence-electron chi connectivity index (χ3n) is 3.98. The maximum Gasteiger partial charge on any atom is 0.181 e. The number of nitrogens with one attached hydrogen (secondary N) is 1. The van der Waals surface area contributed by atoms with Crippen molar-refractivity contribution in [3.63, 3.8) is 0 Å². The molecule has 0 saturated heterocycles. The van der Waals surface area contributed by atoms with Crippen molar-refractivity contribution in [2.45, 2.75) is 26.2 Å². The Balaban J connectivity index is 1.72. The smallest absolute Gasteiger partial charge is 0.181 e. The Kier molecular flexibility index (Phi) is 4.65. The molecule has 0 spiro atoms. The highest BCUT2D eigenvalue weighted by atomic mass is 16.1. The van der Waals surface area contributed by atoms with Crippen LogP contribution in [0.4, 0.5) is 5.69 Å². The topological polar surface area (TPSA) is 59.8 Å². The van der Waals surface area contributed by atoms with Crippen LogP contribution in [0.1, 0.15) is 36.8 Å². The van der Waals surface area contributed by atoms with Gasteiger partial charge in [0.2, 0.25) is 0 Å². The molecule has 1 heterocycles. The summed E-state index contributed by atoms with van der Waals surface area (Å²) in [6.07, 6.45) is 1.78. The van der Waals surface area contributed by atoms with Gasteiger partial charge in [-0.3, -0.25) is 4.79 Å². The van der Waals surface area contributed by atoms with Gasteiger partial charge in [0, 0.05) is 16.7 Å². The molecule has 3 aromatic rings. The van der Waals surface area contributed by atoms with Gasteiger partial charge in [-0.1, -0.05) is 44.2 Å². The van der Waals surface area contributed by atoms with Crippen molar-refractivity contribution in [1.82, 2.24) is 15.0 Å². The van der Waals surface area contributed by atoms with E-state index in [4.69, 9.17) is 0 Å². The summed E-state index contributed by atoms with van der Waals surface area (Å²) in [5.41, 5.74) is 3.47. The second kappa shape index (κ2) is 6.89. The van der Waals surface area contributed by atoms with Crippen molar-refractivity contribution in [2.24, 2.45) is 0 Å². The summed E-state index contributed by atoms with van der Waals surface area (Å²) in [6, 6.07) is 17.2. The lowest BCUT2D eigenvalue weighted by atomic mass is 9.92. The molecule has 1 aromatic heterocycles. The van der Waals surface area contributed by atoms with Gasteiger partial charge in [-0.15, -0.1) is 5.10 Å². The minimum absolute atomic E-state index is 0.0463. The molecule has 0 amide bonds. The molecule has 5 nitrogen and oxygen atoms in total. The number of carbonyl (C=O) groups excluding carboxylic acids is 1. The monoisotopic (exact) mass is 334 g/mol. The van der Waals surface area contributed by atoms with E-state index >= 15 is 0 Å². The average Bonchev–Trinajstić information content (AvgIpc) is 3.11. The van der Waals surface area contributed by atoms with E-state index < -0.39 is 0 Å². The van der Waals surface area contributed by atoms with Gasteiger partial charge in [0.05, 0.1) is 24.1 Å². The number of anilines is 1. The van der Waals surface area contributed by atoms with E-state index in [9.17, 15) is 4.79 Å². The number of hydrogen-bond donors (Lipinski definition) is 1. The number of nitrogens with zero attached hydrogens (tertiary/aromatic N) is 3. The van der Waals surface area contributed by atoms with Crippen molar-refractivity contribution in [3.8, 4) is 5.69 Å². The zero-order valence-corrected chi connectivity index (χ0v) is 14.7. The molecule has 0 aliphatic heterocycles. The molecule has 0 fully saturated rings. The van der Waals surface area contributed by atoms with E-state index in [-0.39, 0.29) is 17.7 Å². The first-order valence-corrected chi connectivity index (χ1v) is 8.29. The largest absolute Gasteiger partial charge is 0.378 e. The van der Waals surface area contributed by atoms with Crippen LogP contribution in [0.3, 0.4) is 0 Å². The van der Waals surface area contributed by atoms with Crippen LogP contribution in [0.2, 0.25) is 0 Å². The molecule has 25 heavy (non-hydrogen) atoms. The number of rotatable bonds is 5. The quantitative estimate of drug-likeness (QED) is 0.720. The fraction of sp³-hybridized carbons (Fsp3) is 0.250. The van der Waals surface area contributed by atoms with Crippen LogP contribution in [0, 0.1) is 0 Å². The Labute approximate surface area is 147 Å². The number of Topliss-reactive ketones (excluding diaryl/α,β-unsaturated/α-hetero) is 1. The third kappa shape index (κ3) is 3.94. The summed E-state index contributed by atoms with van der Waals surface area (Å²) in [5, 5.41) is 11.3. The number of para-hydroxylation sites is 1.